The second kappa shape index (κ2) is 7.68. The molecule has 1 aromatic rings. The smallest absolute Gasteiger partial charge is 0.319 e. The number of carbonyl (C=O) groups excluding carboxylic acids is 3. The quantitative estimate of drug-likeness (QED) is 0.778. The molecule has 2 amide bonds. The van der Waals surface area contributed by atoms with E-state index in [1.165, 1.54) is 18.4 Å². The molecule has 9 nitrogen and oxygen atoms in total. The fraction of sp³-hybridized carbons (Fsp3) is 0.286. The van der Waals surface area contributed by atoms with E-state index in [2.05, 4.69) is 15.3 Å². The molecule has 1 aromatic heterocycles. The van der Waals surface area contributed by atoms with Gasteiger partial charge < -0.3 is 9.15 Å². The van der Waals surface area contributed by atoms with Crippen molar-refractivity contribution in [1.82, 2.24) is 5.32 Å². The van der Waals surface area contributed by atoms with Crippen LogP contribution in [0, 0.1) is 5.41 Å². The van der Waals surface area contributed by atoms with Gasteiger partial charge in [-0.15, -0.1) is 0 Å². The molecule has 0 saturated carbocycles. The third kappa shape index (κ3) is 4.16. The number of esters is 1. The Kier molecular flexibility index (Phi) is 5.64. The van der Waals surface area contributed by atoms with Crippen LogP contribution in [0.5, 0.6) is 0 Å². The van der Waals surface area contributed by atoms with Crippen molar-refractivity contribution < 1.29 is 23.5 Å². The van der Waals surface area contributed by atoms with Crippen molar-refractivity contribution in [3.63, 3.8) is 0 Å². The average Bonchev–Trinajstić information content (AvgIpc) is 3.05. The van der Waals surface area contributed by atoms with Crippen LogP contribution in [0.3, 0.4) is 0 Å². The fourth-order valence-corrected chi connectivity index (χ4v) is 2.43. The summed E-state index contributed by atoms with van der Waals surface area (Å²) in [6, 6.07) is 2.89. The SMILES string of the molecule is CCOC(=O)C(C)SC1=NC(=N)C(=NC(=O)c2ccco2)C(=O)N1. The second-order valence-corrected chi connectivity index (χ2v) is 5.80. The lowest BCUT2D eigenvalue weighted by molar-refractivity contribution is -0.142. The Morgan fingerprint density at radius 2 is 2.29 bits per heavy atom. The van der Waals surface area contributed by atoms with Gasteiger partial charge in [0.05, 0.1) is 12.9 Å². The maximum atomic E-state index is 12.0. The minimum Gasteiger partial charge on any atom is -0.465 e. The summed E-state index contributed by atoms with van der Waals surface area (Å²) in [6.45, 7) is 3.51. The normalized spacial score (nSPS) is 17.2. The number of carbonyl (C=O) groups is 3. The first-order chi connectivity index (χ1) is 11.4. The molecule has 0 fully saturated rings. The summed E-state index contributed by atoms with van der Waals surface area (Å²) in [5, 5.41) is 9.61. The predicted octanol–water partition coefficient (Wildman–Crippen LogP) is 1.01. The van der Waals surface area contributed by atoms with E-state index in [1.807, 2.05) is 0 Å². The Morgan fingerprint density at radius 3 is 2.88 bits per heavy atom. The second-order valence-electron chi connectivity index (χ2n) is 4.47. The van der Waals surface area contributed by atoms with E-state index in [1.54, 1.807) is 13.8 Å². The molecule has 1 atom stereocenters. The molecule has 2 N–H and O–H groups in total. The molecule has 1 aliphatic heterocycles. The van der Waals surface area contributed by atoms with Gasteiger partial charge in [-0.05, 0) is 26.0 Å². The predicted molar refractivity (Wildman–Crippen MR) is 87.5 cm³/mol. The Bertz CT molecular complexity index is 738. The molecule has 0 saturated heterocycles. The third-order valence-electron chi connectivity index (χ3n) is 2.73. The number of ether oxygens (including phenoxy) is 1. The largest absolute Gasteiger partial charge is 0.465 e. The standard InChI is InChI=1S/C14H14N4O5S/c1-3-22-13(21)7(2)24-14-17-10(15)9(12(20)18-14)16-11(19)8-5-4-6-23-8/h4-7H,3H2,1-2H3,(H2,15,17,18,20). The van der Waals surface area contributed by atoms with E-state index in [0.717, 1.165) is 11.8 Å². The lowest BCUT2D eigenvalue weighted by atomic mass is 10.3. The first kappa shape index (κ1) is 17.6. The highest BCUT2D eigenvalue weighted by Crippen LogP contribution is 2.15. The minimum atomic E-state index is -0.791. The van der Waals surface area contributed by atoms with Crippen LogP contribution < -0.4 is 5.32 Å². The number of hydrogen-bond donors (Lipinski definition) is 2. The van der Waals surface area contributed by atoms with Gasteiger partial charge in [0.25, 0.3) is 5.91 Å². The number of thioether (sulfide) groups is 1. The van der Waals surface area contributed by atoms with Gasteiger partial charge in [-0.2, -0.15) is 4.99 Å². The minimum absolute atomic E-state index is 0.0526. The lowest BCUT2D eigenvalue weighted by Gasteiger charge is -2.17. The van der Waals surface area contributed by atoms with Gasteiger partial charge >= 0.3 is 11.9 Å². The molecule has 0 bridgehead atoms. The Balaban J connectivity index is 2.11. The molecule has 0 aromatic carbocycles. The summed E-state index contributed by atoms with van der Waals surface area (Å²) in [5.74, 6) is -2.53. The lowest BCUT2D eigenvalue weighted by Crippen LogP contribution is -2.44. The van der Waals surface area contributed by atoms with Crippen LogP contribution >= 0.6 is 11.8 Å². The number of amides is 2. The molecule has 0 spiro atoms. The molecule has 0 aliphatic carbocycles. The molecule has 2 rings (SSSR count). The van der Waals surface area contributed by atoms with Crippen molar-refractivity contribution in [1.29, 1.82) is 5.41 Å². The molecular formula is C14H14N4O5S. The summed E-state index contributed by atoms with van der Waals surface area (Å²) >= 11 is 0.939. The highest BCUT2D eigenvalue weighted by atomic mass is 32.2. The zero-order valence-corrected chi connectivity index (χ0v) is 13.7. The average molecular weight is 350 g/mol. The van der Waals surface area contributed by atoms with Crippen molar-refractivity contribution in [3.05, 3.63) is 24.2 Å². The first-order valence-electron chi connectivity index (χ1n) is 6.91. The third-order valence-corrected chi connectivity index (χ3v) is 3.69. The van der Waals surface area contributed by atoms with E-state index in [9.17, 15) is 14.4 Å². The Hall–Kier alpha value is -2.75. The maximum absolute atomic E-state index is 12.0. The van der Waals surface area contributed by atoms with Gasteiger partial charge in [-0.1, -0.05) is 11.8 Å². The van der Waals surface area contributed by atoms with Crippen molar-refractivity contribution in [2.75, 3.05) is 6.61 Å². The topological polar surface area (TPSA) is 134 Å². The number of rotatable bonds is 4. The Morgan fingerprint density at radius 1 is 1.54 bits per heavy atom. The number of nitrogens with zero attached hydrogens (tertiary/aromatic N) is 2. The summed E-state index contributed by atoms with van der Waals surface area (Å²) in [4.78, 5) is 42.8. The van der Waals surface area contributed by atoms with Crippen LogP contribution in [-0.4, -0.2) is 46.4 Å². The molecule has 0 radical (unpaired) electrons. The number of nitrogens with one attached hydrogen (secondary N) is 2. The van der Waals surface area contributed by atoms with Crippen LogP contribution in [0.1, 0.15) is 24.4 Å². The maximum Gasteiger partial charge on any atom is 0.319 e. The summed E-state index contributed by atoms with van der Waals surface area (Å²) in [6.07, 6.45) is 1.29. The molecule has 1 aliphatic rings. The van der Waals surface area contributed by atoms with E-state index in [0.29, 0.717) is 0 Å². The van der Waals surface area contributed by atoms with Crippen LogP contribution in [0.4, 0.5) is 0 Å². The van der Waals surface area contributed by atoms with Crippen molar-refractivity contribution in [3.8, 4) is 0 Å². The zero-order chi connectivity index (χ0) is 17.7. The van der Waals surface area contributed by atoms with E-state index >= 15 is 0 Å². The van der Waals surface area contributed by atoms with Crippen LogP contribution in [0.15, 0.2) is 32.8 Å². The summed E-state index contributed by atoms with van der Waals surface area (Å²) < 4.78 is 9.73. The monoisotopic (exact) mass is 350 g/mol. The van der Waals surface area contributed by atoms with Crippen molar-refractivity contribution in [2.45, 2.75) is 19.1 Å². The van der Waals surface area contributed by atoms with Gasteiger partial charge in [0.15, 0.2) is 22.5 Å². The molecule has 2 heterocycles. The van der Waals surface area contributed by atoms with Crippen molar-refractivity contribution >= 4 is 46.3 Å². The highest BCUT2D eigenvalue weighted by Gasteiger charge is 2.28. The number of furan rings is 1. The fourth-order valence-electron chi connectivity index (χ4n) is 1.64. The van der Waals surface area contributed by atoms with Gasteiger partial charge in [0, 0.05) is 0 Å². The van der Waals surface area contributed by atoms with Crippen LogP contribution in [0.25, 0.3) is 0 Å². The van der Waals surface area contributed by atoms with E-state index in [-0.39, 0.29) is 17.5 Å². The van der Waals surface area contributed by atoms with Gasteiger partial charge in [-0.3, -0.25) is 25.1 Å². The molecule has 24 heavy (non-hydrogen) atoms. The number of amidine groups is 2. The summed E-state index contributed by atoms with van der Waals surface area (Å²) in [5.41, 5.74) is -0.426. The summed E-state index contributed by atoms with van der Waals surface area (Å²) in [7, 11) is 0. The molecule has 10 heteroatoms. The zero-order valence-electron chi connectivity index (χ0n) is 12.9. The first-order valence-corrected chi connectivity index (χ1v) is 7.79. The highest BCUT2D eigenvalue weighted by molar-refractivity contribution is 8.15. The number of hydrogen-bond acceptors (Lipinski definition) is 7. The number of aliphatic imine (C=N–C) groups is 2. The Labute approximate surface area is 141 Å². The molecule has 1 unspecified atom stereocenters. The van der Waals surface area contributed by atoms with E-state index in [4.69, 9.17) is 14.6 Å². The van der Waals surface area contributed by atoms with Crippen LogP contribution in [-0.2, 0) is 14.3 Å². The van der Waals surface area contributed by atoms with Gasteiger partial charge in [-0.25, -0.2) is 4.99 Å². The van der Waals surface area contributed by atoms with Crippen LogP contribution in [0.2, 0.25) is 0 Å². The molecule has 126 valence electrons. The van der Waals surface area contributed by atoms with E-state index < -0.39 is 34.6 Å². The van der Waals surface area contributed by atoms with Gasteiger partial charge in [0.2, 0.25) is 0 Å². The van der Waals surface area contributed by atoms with Gasteiger partial charge in [0.1, 0.15) is 5.25 Å². The molecular weight excluding hydrogens is 336 g/mol. The van der Waals surface area contributed by atoms with Crippen molar-refractivity contribution in [2.24, 2.45) is 9.98 Å².